The number of furan rings is 1. The van der Waals surface area contributed by atoms with Crippen molar-refractivity contribution in [2.24, 2.45) is 0 Å². The van der Waals surface area contributed by atoms with E-state index in [2.05, 4.69) is 5.38 Å². The van der Waals surface area contributed by atoms with Crippen LogP contribution in [-0.2, 0) is 0 Å². The van der Waals surface area contributed by atoms with Gasteiger partial charge >= 0.3 is 0 Å². The minimum Gasteiger partial charge on any atom is -0.464 e. The van der Waals surface area contributed by atoms with Crippen LogP contribution in [0.1, 0.15) is 0 Å². The van der Waals surface area contributed by atoms with E-state index in [-0.39, 0.29) is 0 Å². The van der Waals surface area contributed by atoms with E-state index in [4.69, 9.17) is 4.42 Å². The fourth-order valence-corrected chi connectivity index (χ4v) is 1.38. The molecule has 2 heteroatoms. The Morgan fingerprint density at radius 3 is 3.10 bits per heavy atom. The van der Waals surface area contributed by atoms with Crippen molar-refractivity contribution >= 4 is 11.3 Å². The predicted molar refractivity (Wildman–Crippen MR) is 40.9 cm³/mol. The molecule has 2 rings (SSSR count). The van der Waals surface area contributed by atoms with Crippen molar-refractivity contribution in [3.8, 4) is 11.3 Å². The molecule has 0 unspecified atom stereocenters. The molecule has 0 aliphatic heterocycles. The highest BCUT2D eigenvalue weighted by Gasteiger charge is 1.97. The van der Waals surface area contributed by atoms with Crippen LogP contribution in [0.15, 0.2) is 34.3 Å². The van der Waals surface area contributed by atoms with Crippen LogP contribution in [0.2, 0.25) is 0 Å². The molecule has 0 saturated heterocycles. The third-order valence-corrected chi connectivity index (χ3v) is 1.90. The molecule has 2 aromatic heterocycles. The van der Waals surface area contributed by atoms with Crippen LogP contribution in [0.25, 0.3) is 11.3 Å². The highest BCUT2D eigenvalue weighted by molar-refractivity contribution is 7.07. The van der Waals surface area contributed by atoms with E-state index in [0.29, 0.717) is 0 Å². The topological polar surface area (TPSA) is 13.1 Å². The Morgan fingerprint density at radius 2 is 2.50 bits per heavy atom. The molecule has 2 heterocycles. The van der Waals surface area contributed by atoms with Gasteiger partial charge in [0.1, 0.15) is 5.76 Å². The summed E-state index contributed by atoms with van der Waals surface area (Å²) in [5.41, 5.74) is 1.11. The third-order valence-electron chi connectivity index (χ3n) is 1.27. The average Bonchev–Trinajstić information content (AvgIpc) is 2.59. The van der Waals surface area contributed by atoms with E-state index in [1.165, 1.54) is 0 Å². The van der Waals surface area contributed by atoms with E-state index in [9.17, 15) is 0 Å². The number of hydrogen-bond acceptors (Lipinski definition) is 2. The van der Waals surface area contributed by atoms with Gasteiger partial charge in [0.25, 0.3) is 0 Å². The SMILES string of the molecule is [c]1cc(-c2ccco2)cs1. The highest BCUT2D eigenvalue weighted by Crippen LogP contribution is 2.21. The van der Waals surface area contributed by atoms with Crippen molar-refractivity contribution < 1.29 is 4.42 Å². The first-order valence-electron chi connectivity index (χ1n) is 2.95. The average molecular weight is 149 g/mol. The van der Waals surface area contributed by atoms with Gasteiger partial charge in [0.2, 0.25) is 0 Å². The van der Waals surface area contributed by atoms with Crippen LogP contribution in [0, 0.1) is 5.38 Å². The molecule has 0 saturated carbocycles. The van der Waals surface area contributed by atoms with Crippen molar-refractivity contribution in [1.29, 1.82) is 0 Å². The summed E-state index contributed by atoms with van der Waals surface area (Å²) in [5, 5.41) is 5.01. The maximum atomic E-state index is 5.16. The standard InChI is InChI=1S/C8H5OS/c1-2-8(9-4-1)7-3-5-10-6-7/h1-4,6H. The molecule has 0 atom stereocenters. The Balaban J connectivity index is 2.48. The molecule has 10 heavy (non-hydrogen) atoms. The molecule has 0 amide bonds. The van der Waals surface area contributed by atoms with Crippen molar-refractivity contribution in [2.45, 2.75) is 0 Å². The lowest BCUT2D eigenvalue weighted by molar-refractivity contribution is 0.582. The second-order valence-electron chi connectivity index (χ2n) is 1.93. The van der Waals surface area contributed by atoms with Crippen molar-refractivity contribution in [3.63, 3.8) is 0 Å². The lowest BCUT2D eigenvalue weighted by atomic mass is 10.3. The Labute approximate surface area is 62.9 Å². The second kappa shape index (κ2) is 2.31. The molecular weight excluding hydrogens is 144 g/mol. The van der Waals surface area contributed by atoms with Gasteiger partial charge in [-0.15, -0.1) is 11.3 Å². The zero-order valence-electron chi connectivity index (χ0n) is 5.20. The van der Waals surface area contributed by atoms with Gasteiger partial charge in [-0.25, -0.2) is 0 Å². The van der Waals surface area contributed by atoms with Gasteiger partial charge in [0.15, 0.2) is 0 Å². The Bertz CT molecular complexity index is 249. The Hall–Kier alpha value is -1.02. The second-order valence-corrected chi connectivity index (χ2v) is 2.64. The van der Waals surface area contributed by atoms with Gasteiger partial charge in [-0.2, -0.15) is 0 Å². The van der Waals surface area contributed by atoms with Crippen molar-refractivity contribution in [3.05, 3.63) is 35.2 Å². The molecule has 0 fully saturated rings. The summed E-state index contributed by atoms with van der Waals surface area (Å²) >= 11 is 1.55. The van der Waals surface area contributed by atoms with Crippen LogP contribution >= 0.6 is 11.3 Å². The summed E-state index contributed by atoms with van der Waals surface area (Å²) in [7, 11) is 0. The molecule has 0 spiro atoms. The minimum atomic E-state index is 0.914. The largest absolute Gasteiger partial charge is 0.464 e. The Kier molecular flexibility index (Phi) is 1.32. The maximum Gasteiger partial charge on any atom is 0.134 e. The van der Waals surface area contributed by atoms with E-state index in [1.807, 2.05) is 23.6 Å². The lowest BCUT2D eigenvalue weighted by Crippen LogP contribution is -1.61. The quantitative estimate of drug-likeness (QED) is 0.607. The molecule has 2 aromatic rings. The summed E-state index contributed by atoms with van der Waals surface area (Å²) < 4.78 is 5.16. The van der Waals surface area contributed by atoms with Crippen LogP contribution in [0.3, 0.4) is 0 Å². The van der Waals surface area contributed by atoms with Gasteiger partial charge in [0, 0.05) is 16.3 Å². The first-order chi connectivity index (χ1) is 4.97. The van der Waals surface area contributed by atoms with E-state index in [0.717, 1.165) is 11.3 Å². The zero-order valence-corrected chi connectivity index (χ0v) is 6.02. The smallest absolute Gasteiger partial charge is 0.134 e. The van der Waals surface area contributed by atoms with Crippen molar-refractivity contribution in [1.82, 2.24) is 0 Å². The maximum absolute atomic E-state index is 5.16. The van der Waals surface area contributed by atoms with Gasteiger partial charge in [0.05, 0.1) is 6.26 Å². The number of rotatable bonds is 1. The molecule has 0 aliphatic rings. The zero-order chi connectivity index (χ0) is 6.81. The fraction of sp³-hybridized carbons (Fsp3) is 0. The summed E-state index contributed by atoms with van der Waals surface area (Å²) in [6.45, 7) is 0. The van der Waals surface area contributed by atoms with Crippen LogP contribution < -0.4 is 0 Å². The molecule has 0 bridgehead atoms. The van der Waals surface area contributed by atoms with E-state index < -0.39 is 0 Å². The molecule has 1 radical (unpaired) electrons. The molecular formula is C8H5OS. The lowest BCUT2D eigenvalue weighted by Gasteiger charge is -1.85. The molecule has 0 aliphatic carbocycles. The summed E-state index contributed by atoms with van der Waals surface area (Å²) in [6, 6.07) is 5.74. The summed E-state index contributed by atoms with van der Waals surface area (Å²) in [4.78, 5) is 0. The monoisotopic (exact) mass is 149 g/mol. The molecule has 0 N–H and O–H groups in total. The predicted octanol–water partition coefficient (Wildman–Crippen LogP) is 2.81. The van der Waals surface area contributed by atoms with Crippen LogP contribution in [0.4, 0.5) is 0 Å². The van der Waals surface area contributed by atoms with Gasteiger partial charge in [-0.05, 0) is 18.2 Å². The normalized spacial score (nSPS) is 10.0. The molecule has 49 valence electrons. The van der Waals surface area contributed by atoms with Crippen molar-refractivity contribution in [2.75, 3.05) is 0 Å². The van der Waals surface area contributed by atoms with Crippen LogP contribution in [0.5, 0.6) is 0 Å². The fourth-order valence-electron chi connectivity index (χ4n) is 0.801. The Morgan fingerprint density at radius 1 is 1.50 bits per heavy atom. The molecule has 1 nitrogen and oxygen atoms in total. The first kappa shape index (κ1) is 5.74. The number of thiophene rings is 1. The van der Waals surface area contributed by atoms with E-state index >= 15 is 0 Å². The first-order valence-corrected chi connectivity index (χ1v) is 3.83. The van der Waals surface area contributed by atoms with Gasteiger partial charge in [-0.1, -0.05) is 0 Å². The minimum absolute atomic E-state index is 0.914. The highest BCUT2D eigenvalue weighted by atomic mass is 32.1. The molecule has 0 aromatic carbocycles. The summed E-state index contributed by atoms with van der Waals surface area (Å²) in [5.74, 6) is 0.914. The summed E-state index contributed by atoms with van der Waals surface area (Å²) in [6.07, 6.45) is 1.67. The van der Waals surface area contributed by atoms with Gasteiger partial charge < -0.3 is 4.42 Å². The van der Waals surface area contributed by atoms with E-state index in [1.54, 1.807) is 17.6 Å². The number of hydrogen-bond donors (Lipinski definition) is 0. The third kappa shape index (κ3) is 0.866. The van der Waals surface area contributed by atoms with Crippen LogP contribution in [-0.4, -0.2) is 0 Å². The van der Waals surface area contributed by atoms with Gasteiger partial charge in [-0.3, -0.25) is 0 Å².